The fraction of sp³-hybridized carbons (Fsp3) is 0.333. The van der Waals surface area contributed by atoms with Crippen LogP contribution in [0.1, 0.15) is 32.8 Å². The van der Waals surface area contributed by atoms with Crippen LogP contribution in [-0.4, -0.2) is 23.9 Å². The van der Waals surface area contributed by atoms with Crippen LogP contribution in [0.4, 0.5) is 0 Å². The number of hydrogen-bond acceptors (Lipinski definition) is 7. The van der Waals surface area contributed by atoms with Gasteiger partial charge in [-0.25, -0.2) is 0 Å². The molecule has 7 nitrogen and oxygen atoms in total. The molecule has 0 aliphatic carbocycles. The molecule has 0 aliphatic heterocycles. The molecule has 0 saturated carbocycles. The van der Waals surface area contributed by atoms with E-state index in [2.05, 4.69) is 4.74 Å². The predicted molar refractivity (Wildman–Crippen MR) is 74.2 cm³/mol. The number of hydrogen-bond donors (Lipinski definition) is 0. The van der Waals surface area contributed by atoms with Crippen LogP contribution in [0.25, 0.3) is 0 Å². The molecule has 0 spiro atoms. The molecule has 0 bridgehead atoms. The van der Waals surface area contributed by atoms with Gasteiger partial charge < -0.3 is 14.2 Å². The average molecular weight is 308 g/mol. The number of rotatable bonds is 5. The van der Waals surface area contributed by atoms with E-state index in [0.717, 1.165) is 6.92 Å². The molecule has 0 atom stereocenters. The van der Waals surface area contributed by atoms with Crippen LogP contribution in [0.3, 0.4) is 0 Å². The molecule has 1 aromatic rings. The first-order valence-electron chi connectivity index (χ1n) is 6.49. The molecule has 7 heteroatoms. The van der Waals surface area contributed by atoms with Gasteiger partial charge in [0.2, 0.25) is 0 Å². The number of ether oxygens (including phenoxy) is 3. The van der Waals surface area contributed by atoms with Crippen LogP contribution in [-0.2, 0) is 30.3 Å². The molecule has 0 N–H and O–H groups in total. The second-order valence-electron chi connectivity index (χ2n) is 4.40. The van der Waals surface area contributed by atoms with Crippen molar-refractivity contribution in [1.29, 1.82) is 0 Å². The highest BCUT2D eigenvalue weighted by Crippen LogP contribution is 2.32. The summed E-state index contributed by atoms with van der Waals surface area (Å²) < 4.78 is 14.4. The Morgan fingerprint density at radius 1 is 0.909 bits per heavy atom. The van der Waals surface area contributed by atoms with Crippen molar-refractivity contribution in [2.24, 2.45) is 0 Å². The second kappa shape index (κ2) is 7.92. The van der Waals surface area contributed by atoms with Gasteiger partial charge in [-0.05, 0) is 18.1 Å². The summed E-state index contributed by atoms with van der Waals surface area (Å²) >= 11 is 0. The maximum absolute atomic E-state index is 11.4. The number of carbonyl (C=O) groups excluding carboxylic acids is 4. The molecule has 0 saturated heterocycles. The number of carbonyl (C=O) groups is 4. The maximum Gasteiger partial charge on any atom is 0.313 e. The summed E-state index contributed by atoms with van der Waals surface area (Å²) in [6.45, 7) is 3.55. The quantitative estimate of drug-likeness (QED) is 0.462. The van der Waals surface area contributed by atoms with E-state index in [9.17, 15) is 19.2 Å². The molecule has 1 aromatic carbocycles. The summed E-state index contributed by atoms with van der Waals surface area (Å²) in [4.78, 5) is 44.3. The van der Waals surface area contributed by atoms with Crippen molar-refractivity contribution in [3.8, 4) is 11.5 Å². The summed E-state index contributed by atoms with van der Waals surface area (Å²) in [6.07, 6.45) is 0.0706. The third-order valence-corrected chi connectivity index (χ3v) is 2.42. The van der Waals surface area contributed by atoms with E-state index >= 15 is 0 Å². The Morgan fingerprint density at radius 2 is 1.55 bits per heavy atom. The third-order valence-electron chi connectivity index (χ3n) is 2.42. The van der Waals surface area contributed by atoms with Crippen molar-refractivity contribution in [3.05, 3.63) is 23.8 Å². The van der Waals surface area contributed by atoms with Gasteiger partial charge >= 0.3 is 23.9 Å². The van der Waals surface area contributed by atoms with Crippen LogP contribution in [0.2, 0.25) is 0 Å². The lowest BCUT2D eigenvalue weighted by Crippen LogP contribution is -2.12. The molecule has 22 heavy (non-hydrogen) atoms. The summed E-state index contributed by atoms with van der Waals surface area (Å²) in [6, 6.07) is 4.68. The number of aryl methyl sites for hydroxylation is 1. The van der Waals surface area contributed by atoms with Gasteiger partial charge in [0.1, 0.15) is 0 Å². The van der Waals surface area contributed by atoms with E-state index in [0.29, 0.717) is 5.56 Å². The Labute approximate surface area is 127 Å². The minimum Gasteiger partial charge on any atom is -0.423 e. The number of esters is 4. The van der Waals surface area contributed by atoms with Crippen molar-refractivity contribution in [2.45, 2.75) is 33.6 Å². The highest BCUT2D eigenvalue weighted by molar-refractivity contribution is 5.84. The largest absolute Gasteiger partial charge is 0.423 e. The Morgan fingerprint density at radius 3 is 2.09 bits per heavy atom. The van der Waals surface area contributed by atoms with Crippen molar-refractivity contribution < 1.29 is 33.4 Å². The lowest BCUT2D eigenvalue weighted by Gasteiger charge is -2.12. The fourth-order valence-electron chi connectivity index (χ4n) is 1.70. The highest BCUT2D eigenvalue weighted by Gasteiger charge is 2.16. The Balaban J connectivity index is 2.96. The molecular weight excluding hydrogens is 292 g/mol. The molecule has 0 aromatic heterocycles. The summed E-state index contributed by atoms with van der Waals surface area (Å²) in [5, 5.41) is 0. The zero-order valence-electron chi connectivity index (χ0n) is 12.5. The Bertz CT molecular complexity index is 604. The predicted octanol–water partition coefficient (Wildman–Crippen LogP) is 1.56. The topological polar surface area (TPSA) is 96.0 Å². The summed E-state index contributed by atoms with van der Waals surface area (Å²) in [5.41, 5.74) is 0.481. The third kappa shape index (κ3) is 5.74. The van der Waals surface area contributed by atoms with Gasteiger partial charge in [0.15, 0.2) is 11.5 Å². The van der Waals surface area contributed by atoms with Gasteiger partial charge in [0.05, 0.1) is 6.42 Å². The van der Waals surface area contributed by atoms with E-state index < -0.39 is 23.9 Å². The Kier molecular flexibility index (Phi) is 6.25. The standard InChI is InChI=1S/C15H16O7/c1-9(16)20-13-6-4-5-12(15(13)22-11(3)18)7-8-14(19)21-10(2)17/h4-6H,7-8H2,1-3H3. The van der Waals surface area contributed by atoms with Gasteiger partial charge in [0.25, 0.3) is 0 Å². The minimum absolute atomic E-state index is 0.0702. The molecule has 0 radical (unpaired) electrons. The van der Waals surface area contributed by atoms with E-state index in [-0.39, 0.29) is 24.3 Å². The van der Waals surface area contributed by atoms with Crippen LogP contribution < -0.4 is 9.47 Å². The molecule has 1 rings (SSSR count). The van der Waals surface area contributed by atoms with Crippen molar-refractivity contribution in [1.82, 2.24) is 0 Å². The van der Waals surface area contributed by atoms with Crippen molar-refractivity contribution >= 4 is 23.9 Å². The number of para-hydroxylation sites is 1. The minimum atomic E-state index is -0.695. The monoisotopic (exact) mass is 308 g/mol. The smallest absolute Gasteiger partial charge is 0.313 e. The first-order chi connectivity index (χ1) is 10.3. The van der Waals surface area contributed by atoms with Gasteiger partial charge in [-0.2, -0.15) is 0 Å². The lowest BCUT2D eigenvalue weighted by atomic mass is 10.1. The van der Waals surface area contributed by atoms with Crippen LogP contribution in [0.5, 0.6) is 11.5 Å². The molecule has 0 aliphatic rings. The van der Waals surface area contributed by atoms with Gasteiger partial charge in [-0.3, -0.25) is 19.2 Å². The van der Waals surface area contributed by atoms with Crippen molar-refractivity contribution in [2.75, 3.05) is 0 Å². The number of benzene rings is 1. The van der Waals surface area contributed by atoms with E-state index in [1.165, 1.54) is 19.9 Å². The van der Waals surface area contributed by atoms with Crippen LogP contribution in [0, 0.1) is 0 Å². The summed E-state index contributed by atoms with van der Waals surface area (Å²) in [7, 11) is 0. The zero-order chi connectivity index (χ0) is 16.7. The average Bonchev–Trinajstić information content (AvgIpc) is 2.37. The maximum atomic E-state index is 11.4. The highest BCUT2D eigenvalue weighted by atomic mass is 16.6. The van der Waals surface area contributed by atoms with Crippen LogP contribution >= 0.6 is 0 Å². The van der Waals surface area contributed by atoms with E-state index in [4.69, 9.17) is 9.47 Å². The molecule has 118 valence electrons. The first kappa shape index (κ1) is 17.4. The second-order valence-corrected chi connectivity index (χ2v) is 4.40. The Hall–Kier alpha value is -2.70. The first-order valence-corrected chi connectivity index (χ1v) is 6.49. The molecule has 0 unspecified atom stereocenters. The lowest BCUT2D eigenvalue weighted by molar-refractivity contribution is -0.158. The molecule has 0 heterocycles. The molecule has 0 amide bonds. The molecular formula is C15H16O7. The van der Waals surface area contributed by atoms with Gasteiger partial charge in [0, 0.05) is 20.8 Å². The van der Waals surface area contributed by atoms with Gasteiger partial charge in [-0.1, -0.05) is 12.1 Å². The van der Waals surface area contributed by atoms with E-state index in [1.54, 1.807) is 12.1 Å². The van der Waals surface area contributed by atoms with E-state index in [1.807, 2.05) is 0 Å². The molecule has 0 fully saturated rings. The SMILES string of the molecule is CC(=O)OC(=O)CCc1cccc(OC(C)=O)c1OC(C)=O. The van der Waals surface area contributed by atoms with Gasteiger partial charge in [-0.15, -0.1) is 0 Å². The normalized spacial score (nSPS) is 9.77. The fourth-order valence-corrected chi connectivity index (χ4v) is 1.70. The summed E-state index contributed by atoms with van der Waals surface area (Å²) in [5.74, 6) is -2.40. The zero-order valence-corrected chi connectivity index (χ0v) is 12.5. The van der Waals surface area contributed by atoms with Crippen LogP contribution in [0.15, 0.2) is 18.2 Å². The van der Waals surface area contributed by atoms with Crippen molar-refractivity contribution in [3.63, 3.8) is 0 Å².